The zero-order valence-electron chi connectivity index (χ0n) is 30.8. The largest absolute Gasteiger partial charge is 0.454 e. The molecule has 8 aromatic carbocycles. The fourth-order valence-corrected chi connectivity index (χ4v) is 8.94. The van der Waals surface area contributed by atoms with E-state index >= 15 is 0 Å². The van der Waals surface area contributed by atoms with Gasteiger partial charge in [0.1, 0.15) is 11.7 Å². The standard InChI is InChI=1S/C52H34N4O/c1-4-15-33(16-5-1)43-31-44(34-17-6-2-7-18-34)54-52(53-43)35-27-28-39-40-23-14-26-47(51(40)57-50(39)29-35)56-46-25-13-11-22-38(46)42-30-41-37-21-10-12-24-45(37)55(48(41)32-49(42)56)36-19-8-3-9-20-36/h1-32,52-53H. The summed E-state index contributed by atoms with van der Waals surface area (Å²) in [6.07, 6.45) is 1.85. The molecular weight excluding hydrogens is 697 g/mol. The summed E-state index contributed by atoms with van der Waals surface area (Å²) < 4.78 is 11.7. The molecule has 1 aliphatic heterocycles. The van der Waals surface area contributed by atoms with Gasteiger partial charge in [0.15, 0.2) is 5.58 Å². The number of rotatable bonds is 5. The van der Waals surface area contributed by atoms with E-state index in [4.69, 9.17) is 9.41 Å². The van der Waals surface area contributed by atoms with Crippen molar-refractivity contribution in [3.05, 3.63) is 211 Å². The number of aromatic nitrogens is 2. The van der Waals surface area contributed by atoms with Gasteiger partial charge in [-0.2, -0.15) is 0 Å². The highest BCUT2D eigenvalue weighted by atomic mass is 16.3. The summed E-state index contributed by atoms with van der Waals surface area (Å²) in [6, 6.07) is 66.7. The van der Waals surface area contributed by atoms with Gasteiger partial charge in [-0.3, -0.25) is 4.99 Å². The van der Waals surface area contributed by atoms with Gasteiger partial charge in [-0.1, -0.05) is 140 Å². The summed E-state index contributed by atoms with van der Waals surface area (Å²) in [5.41, 5.74) is 13.7. The molecule has 4 heterocycles. The molecule has 5 nitrogen and oxygen atoms in total. The number of hydrogen-bond donors (Lipinski definition) is 1. The van der Waals surface area contributed by atoms with E-state index in [0.29, 0.717) is 0 Å². The Morgan fingerprint density at radius 2 is 1.07 bits per heavy atom. The van der Waals surface area contributed by atoms with Crippen molar-refractivity contribution in [1.82, 2.24) is 14.5 Å². The van der Waals surface area contributed by atoms with E-state index in [1.807, 2.05) is 12.1 Å². The highest BCUT2D eigenvalue weighted by Crippen LogP contribution is 2.42. The normalized spacial score (nSPS) is 14.5. The molecule has 0 bridgehead atoms. The highest BCUT2D eigenvalue weighted by Gasteiger charge is 2.23. The smallest absolute Gasteiger partial charge is 0.159 e. The number of para-hydroxylation sites is 4. The molecule has 0 aliphatic carbocycles. The number of benzene rings is 8. The molecule has 0 fully saturated rings. The van der Waals surface area contributed by atoms with Crippen molar-refractivity contribution >= 4 is 77.0 Å². The number of allylic oxidation sites excluding steroid dienone is 1. The first-order valence-electron chi connectivity index (χ1n) is 19.4. The van der Waals surface area contributed by atoms with Gasteiger partial charge in [0, 0.05) is 49.3 Å². The molecule has 0 amide bonds. The van der Waals surface area contributed by atoms with Gasteiger partial charge >= 0.3 is 0 Å². The van der Waals surface area contributed by atoms with Crippen LogP contribution in [0.25, 0.3) is 82.6 Å². The van der Waals surface area contributed by atoms with Crippen LogP contribution >= 0.6 is 0 Å². The molecule has 0 spiro atoms. The minimum atomic E-state index is -0.298. The number of furan rings is 1. The van der Waals surface area contributed by atoms with Crippen molar-refractivity contribution < 1.29 is 4.42 Å². The SMILES string of the molecule is C1=C(c2ccccc2)NC(c2ccc3c(c2)oc2c(-n4c5ccccc5c5cc6c7ccccc7n(-c7ccccc7)c6cc54)cccc23)N=C1c1ccccc1. The Bertz CT molecular complexity index is 3420. The van der Waals surface area contributed by atoms with E-state index in [1.165, 1.54) is 32.6 Å². The summed E-state index contributed by atoms with van der Waals surface area (Å²) in [6.45, 7) is 0. The van der Waals surface area contributed by atoms with Gasteiger partial charge in [0.05, 0.1) is 33.5 Å². The maximum atomic E-state index is 6.97. The third-order valence-corrected chi connectivity index (χ3v) is 11.5. The van der Waals surface area contributed by atoms with Gasteiger partial charge in [0.25, 0.3) is 0 Å². The first-order chi connectivity index (χ1) is 28.3. The van der Waals surface area contributed by atoms with Gasteiger partial charge in [-0.25, -0.2) is 0 Å². The maximum absolute atomic E-state index is 6.97. The Morgan fingerprint density at radius 1 is 0.456 bits per heavy atom. The lowest BCUT2D eigenvalue weighted by Gasteiger charge is -2.25. The molecule has 1 N–H and O–H groups in total. The van der Waals surface area contributed by atoms with Gasteiger partial charge in [0.2, 0.25) is 0 Å². The summed E-state index contributed by atoms with van der Waals surface area (Å²) in [5.74, 6) is 0. The number of hydrogen-bond acceptors (Lipinski definition) is 3. The number of aliphatic imine (C=N–C) groups is 1. The van der Waals surface area contributed by atoms with Crippen molar-refractivity contribution in [2.24, 2.45) is 4.99 Å². The molecule has 11 aromatic rings. The third kappa shape index (κ3) is 4.92. The molecule has 0 radical (unpaired) electrons. The van der Waals surface area contributed by atoms with Crippen molar-refractivity contribution in [2.75, 3.05) is 0 Å². The molecule has 5 heteroatoms. The predicted octanol–water partition coefficient (Wildman–Crippen LogP) is 12.9. The van der Waals surface area contributed by atoms with Crippen LogP contribution in [-0.4, -0.2) is 14.8 Å². The Kier molecular flexibility index (Phi) is 6.92. The average molecular weight is 731 g/mol. The second-order valence-electron chi connectivity index (χ2n) is 14.8. The molecular formula is C52H34N4O. The van der Waals surface area contributed by atoms with Crippen molar-refractivity contribution in [1.29, 1.82) is 0 Å². The summed E-state index contributed by atoms with van der Waals surface area (Å²) in [7, 11) is 0. The molecule has 1 unspecified atom stereocenters. The van der Waals surface area contributed by atoms with E-state index in [-0.39, 0.29) is 6.17 Å². The third-order valence-electron chi connectivity index (χ3n) is 11.5. The van der Waals surface area contributed by atoms with E-state index in [9.17, 15) is 0 Å². The maximum Gasteiger partial charge on any atom is 0.159 e. The van der Waals surface area contributed by atoms with E-state index in [1.54, 1.807) is 0 Å². The lowest BCUT2D eigenvalue weighted by atomic mass is 10.0. The van der Waals surface area contributed by atoms with Crippen LogP contribution in [0.5, 0.6) is 0 Å². The van der Waals surface area contributed by atoms with E-state index < -0.39 is 0 Å². The highest BCUT2D eigenvalue weighted by molar-refractivity contribution is 6.20. The Labute approximate surface area is 328 Å². The number of nitrogens with zero attached hydrogens (tertiary/aromatic N) is 3. The van der Waals surface area contributed by atoms with Crippen LogP contribution in [0.3, 0.4) is 0 Å². The first-order valence-corrected chi connectivity index (χ1v) is 19.4. The minimum Gasteiger partial charge on any atom is -0.454 e. The van der Waals surface area contributed by atoms with Crippen LogP contribution in [0.1, 0.15) is 22.9 Å². The Hall–Kier alpha value is -7.63. The summed E-state index contributed by atoms with van der Waals surface area (Å²) in [5, 5.41) is 10.8. The minimum absolute atomic E-state index is 0.298. The van der Waals surface area contributed by atoms with Crippen molar-refractivity contribution in [3.8, 4) is 11.4 Å². The van der Waals surface area contributed by atoms with E-state index in [0.717, 1.165) is 72.4 Å². The van der Waals surface area contributed by atoms with E-state index in [2.05, 4.69) is 196 Å². The van der Waals surface area contributed by atoms with Gasteiger partial charge in [-0.05, 0) is 65.7 Å². The topological polar surface area (TPSA) is 47.4 Å². The van der Waals surface area contributed by atoms with Crippen LogP contribution in [-0.2, 0) is 0 Å². The lowest BCUT2D eigenvalue weighted by molar-refractivity contribution is 0.649. The average Bonchev–Trinajstić information content (AvgIpc) is 3.93. The quantitative estimate of drug-likeness (QED) is 0.192. The Balaban J connectivity index is 1.05. The van der Waals surface area contributed by atoms with Gasteiger partial charge in [-0.15, -0.1) is 0 Å². The van der Waals surface area contributed by atoms with Gasteiger partial charge < -0.3 is 18.9 Å². The molecule has 0 saturated carbocycles. The fraction of sp³-hybridized carbons (Fsp3) is 0.0192. The summed E-state index contributed by atoms with van der Waals surface area (Å²) in [4.78, 5) is 5.24. The van der Waals surface area contributed by atoms with Crippen LogP contribution in [0, 0.1) is 0 Å². The monoisotopic (exact) mass is 730 g/mol. The Morgan fingerprint density at radius 3 is 1.81 bits per heavy atom. The zero-order valence-corrected chi connectivity index (χ0v) is 30.8. The molecule has 3 aromatic heterocycles. The van der Waals surface area contributed by atoms with Crippen LogP contribution in [0.4, 0.5) is 0 Å². The second kappa shape index (κ2) is 12.4. The zero-order chi connectivity index (χ0) is 37.5. The fourth-order valence-electron chi connectivity index (χ4n) is 8.94. The molecule has 268 valence electrons. The lowest BCUT2D eigenvalue weighted by Crippen LogP contribution is -2.24. The van der Waals surface area contributed by atoms with Crippen molar-refractivity contribution in [3.63, 3.8) is 0 Å². The first kappa shape index (κ1) is 31.7. The molecule has 57 heavy (non-hydrogen) atoms. The molecule has 1 atom stereocenters. The van der Waals surface area contributed by atoms with Crippen LogP contribution < -0.4 is 5.32 Å². The van der Waals surface area contributed by atoms with Crippen LogP contribution in [0.2, 0.25) is 0 Å². The summed E-state index contributed by atoms with van der Waals surface area (Å²) >= 11 is 0. The molecule has 0 saturated heterocycles. The molecule has 12 rings (SSSR count). The number of fused-ring (bicyclic) bond motifs is 9. The second-order valence-corrected chi connectivity index (χ2v) is 14.8. The van der Waals surface area contributed by atoms with Crippen LogP contribution in [0.15, 0.2) is 204 Å². The number of nitrogens with one attached hydrogen (secondary N) is 1. The predicted molar refractivity (Wildman–Crippen MR) is 236 cm³/mol. The van der Waals surface area contributed by atoms with Crippen molar-refractivity contribution in [2.45, 2.75) is 6.17 Å². The molecule has 1 aliphatic rings.